The molecule has 18 heavy (non-hydrogen) atoms. The van der Waals surface area contributed by atoms with Crippen molar-refractivity contribution in [1.82, 2.24) is 9.55 Å². The second kappa shape index (κ2) is 3.78. The molecule has 0 aliphatic carbocycles. The number of aryl methyl sites for hydroxylation is 1. The van der Waals surface area contributed by atoms with E-state index in [1.165, 1.54) is 0 Å². The van der Waals surface area contributed by atoms with Gasteiger partial charge in [-0.1, -0.05) is 19.1 Å². The quantitative estimate of drug-likeness (QED) is 0.780. The van der Waals surface area contributed by atoms with Crippen molar-refractivity contribution in [3.8, 4) is 0 Å². The molecular weight excluding hydrogens is 250 g/mol. The lowest BCUT2D eigenvalue weighted by molar-refractivity contribution is 0.599. The maximum absolute atomic E-state index is 11.9. The van der Waals surface area contributed by atoms with Crippen molar-refractivity contribution in [3.63, 3.8) is 0 Å². The first-order valence-corrected chi connectivity index (χ1v) is 7.04. The van der Waals surface area contributed by atoms with Gasteiger partial charge in [-0.25, -0.2) is 4.98 Å². The Labute approximate surface area is 105 Å². The Kier molecular flexibility index (Phi) is 2.34. The Morgan fingerprint density at radius 1 is 1.28 bits per heavy atom. The Morgan fingerprint density at radius 3 is 2.83 bits per heavy atom. The van der Waals surface area contributed by atoms with Crippen LogP contribution in [0.5, 0.6) is 0 Å². The number of fused-ring (bicyclic) bond motifs is 1. The molecule has 5 nitrogen and oxygen atoms in total. The smallest absolute Gasteiger partial charge is 0.285 e. The molecule has 0 amide bonds. The molecule has 0 bridgehead atoms. The number of hydrogen-bond donors (Lipinski definition) is 0. The van der Waals surface area contributed by atoms with Crippen LogP contribution in [0.3, 0.4) is 0 Å². The van der Waals surface area contributed by atoms with E-state index in [9.17, 15) is 8.42 Å². The van der Waals surface area contributed by atoms with E-state index in [1.54, 1.807) is 41.2 Å². The summed E-state index contributed by atoms with van der Waals surface area (Å²) in [6.07, 6.45) is 4.10. The summed E-state index contributed by atoms with van der Waals surface area (Å²) in [5, 5.41) is 0. The summed E-state index contributed by atoms with van der Waals surface area (Å²) in [6.45, 7) is 1.97. The Morgan fingerprint density at radius 2 is 2.06 bits per heavy atom. The summed E-state index contributed by atoms with van der Waals surface area (Å²) in [6, 6.07) is 6.84. The van der Waals surface area contributed by atoms with Gasteiger partial charge in [-0.3, -0.25) is 4.57 Å². The third-order valence-corrected chi connectivity index (χ3v) is 4.20. The minimum absolute atomic E-state index is 0.260. The van der Waals surface area contributed by atoms with Gasteiger partial charge >= 0.3 is 0 Å². The number of nitrogens with zero attached hydrogens (tertiary/aromatic N) is 3. The summed E-state index contributed by atoms with van der Waals surface area (Å²) < 4.78 is 29.5. The number of aromatic nitrogens is 2. The van der Waals surface area contributed by atoms with Crippen LogP contribution in [0.25, 0.3) is 0 Å². The molecule has 0 saturated heterocycles. The van der Waals surface area contributed by atoms with E-state index in [2.05, 4.69) is 9.38 Å². The van der Waals surface area contributed by atoms with E-state index in [4.69, 9.17) is 0 Å². The normalized spacial score (nSPS) is 16.4. The lowest BCUT2D eigenvalue weighted by Crippen LogP contribution is -2.13. The summed E-state index contributed by atoms with van der Waals surface area (Å²) in [4.78, 5) is 4.45. The van der Waals surface area contributed by atoms with Crippen molar-refractivity contribution in [2.75, 3.05) is 0 Å². The van der Waals surface area contributed by atoms with Crippen LogP contribution in [0, 0.1) is 0 Å². The van der Waals surface area contributed by atoms with Crippen LogP contribution in [0.4, 0.5) is 0 Å². The van der Waals surface area contributed by atoms with Crippen LogP contribution in [-0.4, -0.2) is 23.8 Å². The maximum atomic E-state index is 11.9. The van der Waals surface area contributed by atoms with Crippen LogP contribution >= 0.6 is 0 Å². The molecule has 0 fully saturated rings. The van der Waals surface area contributed by atoms with E-state index < -0.39 is 10.0 Å². The highest BCUT2D eigenvalue weighted by atomic mass is 32.2. The van der Waals surface area contributed by atoms with Crippen molar-refractivity contribution in [2.45, 2.75) is 18.2 Å². The first-order valence-electron chi connectivity index (χ1n) is 5.60. The molecule has 1 aromatic carbocycles. The Hall–Kier alpha value is -1.95. The van der Waals surface area contributed by atoms with Gasteiger partial charge in [-0.15, -0.1) is 4.40 Å². The molecule has 2 aromatic rings. The molecular formula is C12H11N3O2S. The maximum Gasteiger partial charge on any atom is 0.285 e. The van der Waals surface area contributed by atoms with Gasteiger partial charge in [0.1, 0.15) is 10.7 Å². The van der Waals surface area contributed by atoms with Crippen molar-refractivity contribution < 1.29 is 8.42 Å². The van der Waals surface area contributed by atoms with Gasteiger partial charge in [0, 0.05) is 24.4 Å². The molecule has 0 N–H and O–H groups in total. The molecule has 0 radical (unpaired) electrons. The van der Waals surface area contributed by atoms with Gasteiger partial charge in [0.15, 0.2) is 5.84 Å². The van der Waals surface area contributed by atoms with Gasteiger partial charge < -0.3 is 0 Å². The minimum Gasteiger partial charge on any atom is -0.287 e. The van der Waals surface area contributed by atoms with Crippen LogP contribution in [-0.2, 0) is 16.4 Å². The molecule has 2 heterocycles. The molecule has 3 rings (SSSR count). The van der Waals surface area contributed by atoms with Gasteiger partial charge in [-0.05, 0) is 12.1 Å². The lowest BCUT2D eigenvalue weighted by Gasteiger charge is -2.05. The van der Waals surface area contributed by atoms with Crippen molar-refractivity contribution in [3.05, 3.63) is 48.0 Å². The third kappa shape index (κ3) is 1.49. The molecule has 6 heteroatoms. The second-order valence-electron chi connectivity index (χ2n) is 3.95. The zero-order chi connectivity index (χ0) is 12.8. The molecule has 1 aliphatic heterocycles. The van der Waals surface area contributed by atoms with Gasteiger partial charge in [0.2, 0.25) is 0 Å². The SMILES string of the molecule is CCc1nccn1C1=NS(=O)(=O)c2ccccc21. The second-order valence-corrected chi connectivity index (χ2v) is 5.53. The summed E-state index contributed by atoms with van der Waals surface area (Å²) in [5.41, 5.74) is 0.630. The molecule has 0 spiro atoms. The molecule has 1 aromatic heterocycles. The van der Waals surface area contributed by atoms with Crippen LogP contribution < -0.4 is 0 Å². The van der Waals surface area contributed by atoms with Crippen LogP contribution in [0.15, 0.2) is 46.0 Å². The van der Waals surface area contributed by atoms with E-state index in [-0.39, 0.29) is 4.90 Å². The summed E-state index contributed by atoms with van der Waals surface area (Å²) in [5.74, 6) is 1.22. The van der Waals surface area contributed by atoms with Gasteiger partial charge in [-0.2, -0.15) is 8.42 Å². The van der Waals surface area contributed by atoms with E-state index in [0.717, 1.165) is 5.82 Å². The number of sulfonamides is 1. The Balaban J connectivity index is 2.27. The van der Waals surface area contributed by atoms with Crippen LogP contribution in [0.2, 0.25) is 0 Å². The standard InChI is InChI=1S/C12H11N3O2S/c1-2-11-13-7-8-15(11)12-9-5-3-4-6-10(9)18(16,17)14-12/h3-8H,2H2,1H3. The highest BCUT2D eigenvalue weighted by Gasteiger charge is 2.29. The molecule has 92 valence electrons. The highest BCUT2D eigenvalue weighted by molar-refractivity contribution is 7.90. The highest BCUT2D eigenvalue weighted by Crippen LogP contribution is 2.26. The summed E-state index contributed by atoms with van der Waals surface area (Å²) >= 11 is 0. The molecule has 0 saturated carbocycles. The minimum atomic E-state index is -3.57. The number of imidazole rings is 1. The number of rotatable bonds is 1. The monoisotopic (exact) mass is 261 g/mol. The zero-order valence-corrected chi connectivity index (χ0v) is 10.6. The van der Waals surface area contributed by atoms with E-state index in [0.29, 0.717) is 17.8 Å². The van der Waals surface area contributed by atoms with Crippen LogP contribution in [0.1, 0.15) is 18.3 Å². The van der Waals surface area contributed by atoms with E-state index >= 15 is 0 Å². The largest absolute Gasteiger partial charge is 0.287 e. The lowest BCUT2D eigenvalue weighted by atomic mass is 10.2. The number of benzene rings is 1. The van der Waals surface area contributed by atoms with Gasteiger partial charge in [0.05, 0.1) is 0 Å². The topological polar surface area (TPSA) is 64.3 Å². The average molecular weight is 261 g/mol. The first kappa shape index (κ1) is 11.2. The first-order chi connectivity index (χ1) is 8.63. The summed E-state index contributed by atoms with van der Waals surface area (Å²) in [7, 11) is -3.57. The predicted octanol–water partition coefficient (Wildman–Crippen LogP) is 1.44. The predicted molar refractivity (Wildman–Crippen MR) is 67.2 cm³/mol. The third-order valence-electron chi connectivity index (χ3n) is 2.87. The van der Waals surface area contributed by atoms with Crippen molar-refractivity contribution >= 4 is 15.9 Å². The Bertz CT molecular complexity index is 744. The average Bonchev–Trinajstić information content (AvgIpc) is 2.92. The fourth-order valence-corrected chi connectivity index (χ4v) is 3.25. The fourth-order valence-electron chi connectivity index (χ4n) is 2.05. The zero-order valence-electron chi connectivity index (χ0n) is 9.74. The van der Waals surface area contributed by atoms with Gasteiger partial charge in [0.25, 0.3) is 10.0 Å². The molecule has 0 unspecified atom stereocenters. The van der Waals surface area contributed by atoms with Crippen molar-refractivity contribution in [2.24, 2.45) is 4.40 Å². The fraction of sp³-hybridized carbons (Fsp3) is 0.167. The molecule has 1 aliphatic rings. The van der Waals surface area contributed by atoms with E-state index in [1.807, 2.05) is 6.92 Å². The van der Waals surface area contributed by atoms with Crippen molar-refractivity contribution in [1.29, 1.82) is 0 Å². The number of hydrogen-bond acceptors (Lipinski definition) is 3. The molecule has 0 atom stereocenters.